The largest absolute Gasteiger partial charge is 0.368 e. The summed E-state index contributed by atoms with van der Waals surface area (Å²) in [5.41, 5.74) is 5.23. The van der Waals surface area contributed by atoms with E-state index in [1.807, 2.05) is 37.2 Å². The summed E-state index contributed by atoms with van der Waals surface area (Å²) in [5, 5.41) is 4.29. The molecule has 0 radical (unpaired) electrons. The predicted molar refractivity (Wildman–Crippen MR) is 134 cm³/mol. The van der Waals surface area contributed by atoms with Gasteiger partial charge in [-0.15, -0.1) is 0 Å². The molecule has 1 saturated heterocycles. The molecule has 166 valence electrons. The van der Waals surface area contributed by atoms with Gasteiger partial charge in [0.15, 0.2) is 0 Å². The number of nitrogens with one attached hydrogen (secondary N) is 1. The Morgan fingerprint density at radius 2 is 1.56 bits per heavy atom. The van der Waals surface area contributed by atoms with Gasteiger partial charge >= 0.3 is 0 Å². The van der Waals surface area contributed by atoms with Crippen LogP contribution in [-0.2, 0) is 12.8 Å². The molecule has 0 atom stereocenters. The van der Waals surface area contributed by atoms with Crippen molar-refractivity contribution in [1.82, 2.24) is 9.97 Å². The minimum absolute atomic E-state index is 0.768. The normalized spacial score (nSPS) is 15.6. The average Bonchev–Trinajstić information content (AvgIpc) is 3.27. The molecule has 0 spiro atoms. The number of hydrogen-bond acceptors (Lipinski definition) is 6. The van der Waals surface area contributed by atoms with Crippen molar-refractivity contribution in [3.63, 3.8) is 0 Å². The Labute approximate surface area is 194 Å². The van der Waals surface area contributed by atoms with Crippen LogP contribution in [0.25, 0.3) is 0 Å². The van der Waals surface area contributed by atoms with E-state index in [2.05, 4.69) is 45.4 Å². The number of halogens is 1. The highest BCUT2D eigenvalue weighted by atomic mass is 35.5. The molecule has 0 bridgehead atoms. The van der Waals surface area contributed by atoms with Crippen LogP contribution in [0, 0.1) is 0 Å². The Hall–Kier alpha value is -2.99. The monoisotopic (exact) mass is 448 g/mol. The summed E-state index contributed by atoms with van der Waals surface area (Å²) in [6.07, 6.45) is 3.62. The van der Waals surface area contributed by atoms with Crippen molar-refractivity contribution in [3.8, 4) is 0 Å². The van der Waals surface area contributed by atoms with Crippen LogP contribution in [0.1, 0.15) is 17.5 Å². The molecule has 6 nitrogen and oxygen atoms in total. The number of rotatable bonds is 5. The fraction of sp³-hybridized carbons (Fsp3) is 0.360. The first kappa shape index (κ1) is 20.9. The Balaban J connectivity index is 1.33. The number of benzene rings is 2. The molecule has 1 fully saturated rings. The van der Waals surface area contributed by atoms with E-state index in [1.165, 1.54) is 36.1 Å². The number of anilines is 5. The van der Waals surface area contributed by atoms with Crippen molar-refractivity contribution in [3.05, 3.63) is 64.7 Å². The molecule has 1 aliphatic carbocycles. The van der Waals surface area contributed by atoms with E-state index in [0.717, 1.165) is 54.5 Å². The van der Waals surface area contributed by atoms with Crippen LogP contribution in [0.4, 0.5) is 29.0 Å². The molecule has 0 saturated carbocycles. The van der Waals surface area contributed by atoms with Gasteiger partial charge in [-0.3, -0.25) is 0 Å². The number of hydrogen-bond donors (Lipinski definition) is 1. The molecule has 2 aromatic carbocycles. The van der Waals surface area contributed by atoms with Crippen molar-refractivity contribution >= 4 is 40.6 Å². The lowest BCUT2D eigenvalue weighted by Gasteiger charge is -2.36. The minimum Gasteiger partial charge on any atom is -0.368 e. The first-order chi connectivity index (χ1) is 15.5. The first-order valence-electron chi connectivity index (χ1n) is 11.3. The lowest BCUT2D eigenvalue weighted by atomic mass is 10.1. The van der Waals surface area contributed by atoms with E-state index in [0.29, 0.717) is 0 Å². The first-order valence-corrected chi connectivity index (χ1v) is 11.6. The van der Waals surface area contributed by atoms with Crippen molar-refractivity contribution in [2.24, 2.45) is 0 Å². The number of fused-ring (bicyclic) bond motifs is 1. The predicted octanol–water partition coefficient (Wildman–Crippen LogP) is 4.75. The fourth-order valence-electron chi connectivity index (χ4n) is 4.47. The van der Waals surface area contributed by atoms with Crippen molar-refractivity contribution < 1.29 is 0 Å². The SMILES string of the molecule is CN(C)c1cc(Nc2ccc3c(c2)CCC3)nc(N2CCN(c3ccc(Cl)cc3)CC2)n1. The molecule has 7 heteroatoms. The summed E-state index contributed by atoms with van der Waals surface area (Å²) in [7, 11) is 4.04. The van der Waals surface area contributed by atoms with E-state index in [1.54, 1.807) is 0 Å². The lowest BCUT2D eigenvalue weighted by molar-refractivity contribution is 0.640. The van der Waals surface area contributed by atoms with E-state index in [9.17, 15) is 0 Å². The summed E-state index contributed by atoms with van der Waals surface area (Å²) in [6, 6.07) is 16.8. The minimum atomic E-state index is 0.768. The van der Waals surface area contributed by atoms with Gasteiger partial charge in [-0.1, -0.05) is 17.7 Å². The Morgan fingerprint density at radius 1 is 0.844 bits per heavy atom. The van der Waals surface area contributed by atoms with Gasteiger partial charge in [-0.2, -0.15) is 9.97 Å². The summed E-state index contributed by atoms with van der Waals surface area (Å²) in [4.78, 5) is 16.4. The van der Waals surface area contributed by atoms with Crippen LogP contribution < -0.4 is 20.0 Å². The Bertz CT molecular complexity index is 1090. The number of aryl methyl sites for hydroxylation is 2. The molecule has 0 amide bonds. The van der Waals surface area contributed by atoms with Gasteiger partial charge in [0.05, 0.1) is 0 Å². The molecule has 5 rings (SSSR count). The standard InChI is InChI=1S/C25H29ClN6/c1-30(2)24-17-23(27-21-9-6-18-4-3-5-19(18)16-21)28-25(29-24)32-14-12-31(13-15-32)22-10-7-20(26)8-11-22/h6-11,16-17H,3-5,12-15H2,1-2H3,(H,27,28,29). The van der Waals surface area contributed by atoms with Crippen LogP contribution in [0.3, 0.4) is 0 Å². The van der Waals surface area contributed by atoms with Crippen LogP contribution >= 0.6 is 11.6 Å². The van der Waals surface area contributed by atoms with Gasteiger partial charge in [-0.25, -0.2) is 0 Å². The molecular formula is C25H29ClN6. The highest BCUT2D eigenvalue weighted by Gasteiger charge is 2.21. The van der Waals surface area contributed by atoms with Crippen LogP contribution in [0.2, 0.25) is 5.02 Å². The third-order valence-corrected chi connectivity index (χ3v) is 6.54. The number of piperazine rings is 1. The van der Waals surface area contributed by atoms with Crippen molar-refractivity contribution in [2.75, 3.05) is 60.3 Å². The molecule has 2 heterocycles. The molecular weight excluding hydrogens is 420 g/mol. The molecule has 1 aliphatic heterocycles. The zero-order chi connectivity index (χ0) is 22.1. The molecule has 0 unspecified atom stereocenters. The third-order valence-electron chi connectivity index (χ3n) is 6.28. The van der Waals surface area contributed by atoms with Crippen LogP contribution in [0.5, 0.6) is 0 Å². The summed E-state index contributed by atoms with van der Waals surface area (Å²) in [5.74, 6) is 2.51. The second-order valence-electron chi connectivity index (χ2n) is 8.72. The lowest BCUT2D eigenvalue weighted by Crippen LogP contribution is -2.47. The van der Waals surface area contributed by atoms with E-state index in [-0.39, 0.29) is 0 Å². The second kappa shape index (κ2) is 8.87. The van der Waals surface area contributed by atoms with Crippen molar-refractivity contribution in [2.45, 2.75) is 19.3 Å². The summed E-state index contributed by atoms with van der Waals surface area (Å²) >= 11 is 6.04. The van der Waals surface area contributed by atoms with Gasteiger partial charge in [0.2, 0.25) is 5.95 Å². The summed E-state index contributed by atoms with van der Waals surface area (Å²) < 4.78 is 0. The highest BCUT2D eigenvalue weighted by molar-refractivity contribution is 6.30. The van der Waals surface area contributed by atoms with Crippen molar-refractivity contribution in [1.29, 1.82) is 0 Å². The maximum Gasteiger partial charge on any atom is 0.229 e. The molecule has 2 aliphatic rings. The van der Waals surface area contributed by atoms with Crippen LogP contribution in [-0.4, -0.2) is 50.2 Å². The quantitative estimate of drug-likeness (QED) is 0.607. The van der Waals surface area contributed by atoms with Gasteiger partial charge in [-0.05, 0) is 66.8 Å². The smallest absolute Gasteiger partial charge is 0.229 e. The molecule has 32 heavy (non-hydrogen) atoms. The van der Waals surface area contributed by atoms with E-state index < -0.39 is 0 Å². The topological polar surface area (TPSA) is 47.5 Å². The third kappa shape index (κ3) is 4.46. The van der Waals surface area contributed by atoms with Gasteiger partial charge < -0.3 is 20.0 Å². The second-order valence-corrected chi connectivity index (χ2v) is 9.15. The summed E-state index contributed by atoms with van der Waals surface area (Å²) in [6.45, 7) is 3.59. The maximum atomic E-state index is 6.04. The fourth-order valence-corrected chi connectivity index (χ4v) is 4.60. The molecule has 1 aromatic heterocycles. The number of nitrogens with zero attached hydrogens (tertiary/aromatic N) is 5. The molecule has 3 aromatic rings. The maximum absolute atomic E-state index is 6.04. The number of aromatic nitrogens is 2. The zero-order valence-electron chi connectivity index (χ0n) is 18.7. The average molecular weight is 449 g/mol. The molecule has 1 N–H and O–H groups in total. The van der Waals surface area contributed by atoms with Gasteiger partial charge in [0.25, 0.3) is 0 Å². The highest BCUT2D eigenvalue weighted by Crippen LogP contribution is 2.28. The van der Waals surface area contributed by atoms with E-state index in [4.69, 9.17) is 21.6 Å². The Kier molecular flexibility index (Phi) is 5.79. The van der Waals surface area contributed by atoms with Gasteiger partial charge in [0.1, 0.15) is 11.6 Å². The Morgan fingerprint density at radius 3 is 2.31 bits per heavy atom. The zero-order valence-corrected chi connectivity index (χ0v) is 19.4. The van der Waals surface area contributed by atoms with E-state index >= 15 is 0 Å². The van der Waals surface area contributed by atoms with Gasteiger partial charge in [0, 0.05) is 62.7 Å². The van der Waals surface area contributed by atoms with Crippen LogP contribution in [0.15, 0.2) is 48.5 Å².